The molecule has 1 aromatic heterocycles. The Morgan fingerprint density at radius 1 is 1.60 bits per heavy atom. The summed E-state index contributed by atoms with van der Waals surface area (Å²) in [6, 6.07) is 0.423. The average molecular weight is 205 g/mol. The normalized spacial score (nSPS) is 15.4. The van der Waals surface area contributed by atoms with Gasteiger partial charge in [0.05, 0.1) is 6.33 Å². The van der Waals surface area contributed by atoms with E-state index >= 15 is 0 Å². The van der Waals surface area contributed by atoms with Gasteiger partial charge in [0.15, 0.2) is 0 Å². The quantitative estimate of drug-likeness (QED) is 0.768. The lowest BCUT2D eigenvalue weighted by Gasteiger charge is -2.10. The van der Waals surface area contributed by atoms with Crippen LogP contribution in [0.3, 0.4) is 0 Å². The molecule has 0 aromatic carbocycles. The van der Waals surface area contributed by atoms with E-state index in [1.165, 1.54) is 0 Å². The highest BCUT2D eigenvalue weighted by Gasteiger charge is 2.01. The van der Waals surface area contributed by atoms with E-state index in [9.17, 15) is 0 Å². The van der Waals surface area contributed by atoms with Gasteiger partial charge in [0, 0.05) is 24.1 Å². The van der Waals surface area contributed by atoms with Crippen molar-refractivity contribution >= 4 is 0 Å². The minimum Gasteiger partial charge on any atom is -0.399 e. The van der Waals surface area contributed by atoms with Gasteiger partial charge in [-0.05, 0) is 32.8 Å². The van der Waals surface area contributed by atoms with Gasteiger partial charge < -0.3 is 10.3 Å². The van der Waals surface area contributed by atoms with E-state index in [2.05, 4.69) is 22.6 Å². The van der Waals surface area contributed by atoms with Crippen LogP contribution in [0.15, 0.2) is 42.1 Å². The van der Waals surface area contributed by atoms with Crippen LogP contribution in [0.1, 0.15) is 33.2 Å². The molecule has 1 aromatic rings. The van der Waals surface area contributed by atoms with Gasteiger partial charge in [-0.1, -0.05) is 12.2 Å². The molecule has 0 aliphatic rings. The molecule has 3 nitrogen and oxygen atoms in total. The van der Waals surface area contributed by atoms with Crippen LogP contribution in [0.5, 0.6) is 0 Å². The molecule has 2 N–H and O–H groups in total. The van der Waals surface area contributed by atoms with Crippen molar-refractivity contribution in [2.24, 2.45) is 5.73 Å². The lowest BCUT2D eigenvalue weighted by atomic mass is 10.1. The fraction of sp³-hybridized carbons (Fsp3) is 0.417. The number of nitrogens with two attached hydrogens (primary N) is 1. The zero-order valence-corrected chi connectivity index (χ0v) is 9.64. The van der Waals surface area contributed by atoms with Gasteiger partial charge in [-0.15, -0.1) is 0 Å². The standard InChI is InChI=1S/C12H19N3/c1-4-12(13)10(2)5-6-11(3)15-8-7-14-9-15/h4-5,7-9,11H,6,13H2,1-3H3/b10-5+,12-4-. The van der Waals surface area contributed by atoms with Crippen LogP contribution in [0.4, 0.5) is 0 Å². The van der Waals surface area contributed by atoms with Gasteiger partial charge >= 0.3 is 0 Å². The number of hydrogen-bond acceptors (Lipinski definition) is 2. The van der Waals surface area contributed by atoms with Gasteiger partial charge in [-0.25, -0.2) is 4.98 Å². The lowest BCUT2D eigenvalue weighted by molar-refractivity contribution is 0.553. The van der Waals surface area contributed by atoms with E-state index in [4.69, 9.17) is 5.73 Å². The molecule has 0 saturated carbocycles. The molecule has 1 atom stereocenters. The first-order valence-electron chi connectivity index (χ1n) is 5.21. The second-order valence-corrected chi connectivity index (χ2v) is 3.73. The van der Waals surface area contributed by atoms with Crippen LogP contribution in [0, 0.1) is 0 Å². The van der Waals surface area contributed by atoms with Crippen LogP contribution in [0.2, 0.25) is 0 Å². The first-order chi connectivity index (χ1) is 7.15. The molecule has 3 heteroatoms. The van der Waals surface area contributed by atoms with Crippen molar-refractivity contribution in [2.45, 2.75) is 33.2 Å². The second-order valence-electron chi connectivity index (χ2n) is 3.73. The summed E-state index contributed by atoms with van der Waals surface area (Å²) in [4.78, 5) is 4.03. The molecule has 0 bridgehead atoms. The smallest absolute Gasteiger partial charge is 0.0948 e. The molecule has 1 heterocycles. The van der Waals surface area contributed by atoms with Crippen molar-refractivity contribution in [3.05, 3.63) is 42.1 Å². The molecule has 0 aliphatic heterocycles. The van der Waals surface area contributed by atoms with Crippen LogP contribution >= 0.6 is 0 Å². The fourth-order valence-electron chi connectivity index (χ4n) is 1.34. The maximum atomic E-state index is 5.80. The van der Waals surface area contributed by atoms with Gasteiger partial charge in [0.2, 0.25) is 0 Å². The van der Waals surface area contributed by atoms with E-state index in [0.717, 1.165) is 17.7 Å². The zero-order chi connectivity index (χ0) is 11.3. The third-order valence-electron chi connectivity index (χ3n) is 2.57. The predicted molar refractivity (Wildman–Crippen MR) is 63.3 cm³/mol. The van der Waals surface area contributed by atoms with Crippen molar-refractivity contribution < 1.29 is 0 Å². The van der Waals surface area contributed by atoms with Gasteiger partial charge in [0.1, 0.15) is 0 Å². The Morgan fingerprint density at radius 3 is 2.87 bits per heavy atom. The lowest BCUT2D eigenvalue weighted by Crippen LogP contribution is -2.02. The Balaban J connectivity index is 2.57. The Morgan fingerprint density at radius 2 is 2.33 bits per heavy atom. The van der Waals surface area contributed by atoms with E-state index in [1.54, 1.807) is 6.20 Å². The van der Waals surface area contributed by atoms with Gasteiger partial charge in [-0.3, -0.25) is 0 Å². The topological polar surface area (TPSA) is 43.8 Å². The average Bonchev–Trinajstić information content (AvgIpc) is 2.77. The summed E-state index contributed by atoms with van der Waals surface area (Å²) >= 11 is 0. The van der Waals surface area contributed by atoms with Crippen molar-refractivity contribution in [3.63, 3.8) is 0 Å². The SMILES string of the molecule is C/C=C(N)/C(C)=C/CC(C)n1ccnc1. The monoisotopic (exact) mass is 205 g/mol. The van der Waals surface area contributed by atoms with E-state index < -0.39 is 0 Å². The summed E-state index contributed by atoms with van der Waals surface area (Å²) in [5.74, 6) is 0. The number of aromatic nitrogens is 2. The number of hydrogen-bond donors (Lipinski definition) is 1. The van der Waals surface area contributed by atoms with Crippen molar-refractivity contribution in [2.75, 3.05) is 0 Å². The van der Waals surface area contributed by atoms with Gasteiger partial charge in [-0.2, -0.15) is 0 Å². The summed E-state index contributed by atoms with van der Waals surface area (Å²) in [6.07, 6.45) is 10.7. The number of imidazole rings is 1. The Labute approximate surface area is 91.3 Å². The molecular formula is C12H19N3. The molecule has 0 spiro atoms. The van der Waals surface area contributed by atoms with Crippen LogP contribution < -0.4 is 5.73 Å². The van der Waals surface area contributed by atoms with E-state index in [1.807, 2.05) is 32.4 Å². The largest absolute Gasteiger partial charge is 0.399 e. The second kappa shape index (κ2) is 5.39. The summed E-state index contributed by atoms with van der Waals surface area (Å²) in [6.45, 7) is 6.15. The molecule has 1 unspecified atom stereocenters. The number of nitrogens with zero attached hydrogens (tertiary/aromatic N) is 2. The highest BCUT2D eigenvalue weighted by molar-refractivity contribution is 5.25. The Bertz CT molecular complexity index is 347. The summed E-state index contributed by atoms with van der Waals surface area (Å²) < 4.78 is 2.09. The molecule has 0 aliphatic carbocycles. The molecule has 1 rings (SSSR count). The molecule has 0 radical (unpaired) electrons. The Hall–Kier alpha value is -1.51. The number of rotatable bonds is 4. The first kappa shape index (κ1) is 11.6. The maximum absolute atomic E-state index is 5.80. The summed E-state index contributed by atoms with van der Waals surface area (Å²) in [5, 5.41) is 0. The molecular weight excluding hydrogens is 186 g/mol. The minimum absolute atomic E-state index is 0.423. The molecule has 15 heavy (non-hydrogen) atoms. The molecule has 0 fully saturated rings. The summed E-state index contributed by atoms with van der Waals surface area (Å²) in [5.41, 5.74) is 7.79. The van der Waals surface area contributed by atoms with E-state index in [0.29, 0.717) is 6.04 Å². The number of allylic oxidation sites excluding steroid dienone is 3. The summed E-state index contributed by atoms with van der Waals surface area (Å²) in [7, 11) is 0. The highest BCUT2D eigenvalue weighted by atomic mass is 15.0. The van der Waals surface area contributed by atoms with Crippen LogP contribution in [-0.2, 0) is 0 Å². The van der Waals surface area contributed by atoms with Crippen molar-refractivity contribution in [1.29, 1.82) is 0 Å². The van der Waals surface area contributed by atoms with Crippen molar-refractivity contribution in [3.8, 4) is 0 Å². The van der Waals surface area contributed by atoms with Crippen molar-refractivity contribution in [1.82, 2.24) is 9.55 Å². The zero-order valence-electron chi connectivity index (χ0n) is 9.64. The third kappa shape index (κ3) is 3.27. The minimum atomic E-state index is 0.423. The van der Waals surface area contributed by atoms with Crippen LogP contribution in [-0.4, -0.2) is 9.55 Å². The van der Waals surface area contributed by atoms with Crippen LogP contribution in [0.25, 0.3) is 0 Å². The first-order valence-corrected chi connectivity index (χ1v) is 5.21. The van der Waals surface area contributed by atoms with Gasteiger partial charge in [0.25, 0.3) is 0 Å². The fourth-order valence-corrected chi connectivity index (χ4v) is 1.34. The Kier molecular flexibility index (Phi) is 4.16. The molecule has 0 saturated heterocycles. The van der Waals surface area contributed by atoms with E-state index in [-0.39, 0.29) is 0 Å². The maximum Gasteiger partial charge on any atom is 0.0948 e. The molecule has 0 amide bonds. The third-order valence-corrected chi connectivity index (χ3v) is 2.57. The molecule has 82 valence electrons. The predicted octanol–water partition coefficient (Wildman–Crippen LogP) is 2.64. The highest BCUT2D eigenvalue weighted by Crippen LogP contribution is 2.13.